The molecular weight excluding hydrogens is 471 g/mol. The molecular formula is C20H33IN4O3. The molecule has 28 heavy (non-hydrogen) atoms. The van der Waals surface area contributed by atoms with Crippen LogP contribution in [0.1, 0.15) is 32.3 Å². The SMILES string of the molecule is CCNC(=NCCc1ccccc1OC)NC1CCN(C(=O)OCC)CC1.I. The largest absolute Gasteiger partial charge is 0.496 e. The first kappa shape index (κ1) is 24.3. The number of amides is 1. The zero-order chi connectivity index (χ0) is 19.5. The molecule has 1 saturated heterocycles. The number of rotatable bonds is 7. The number of para-hydroxylation sites is 1. The highest BCUT2D eigenvalue weighted by Crippen LogP contribution is 2.17. The second-order valence-electron chi connectivity index (χ2n) is 6.43. The maximum absolute atomic E-state index is 11.8. The molecule has 7 nitrogen and oxygen atoms in total. The van der Waals surface area contributed by atoms with Crippen LogP contribution in [0.15, 0.2) is 29.3 Å². The Labute approximate surface area is 185 Å². The van der Waals surface area contributed by atoms with Crippen molar-refractivity contribution in [1.82, 2.24) is 15.5 Å². The first-order chi connectivity index (χ1) is 13.2. The van der Waals surface area contributed by atoms with Crippen LogP contribution in [0.25, 0.3) is 0 Å². The number of hydrogen-bond acceptors (Lipinski definition) is 4. The third kappa shape index (κ3) is 7.73. The van der Waals surface area contributed by atoms with Gasteiger partial charge in [-0.2, -0.15) is 0 Å². The Kier molecular flexibility index (Phi) is 11.7. The van der Waals surface area contributed by atoms with Crippen LogP contribution in [-0.4, -0.2) is 62.9 Å². The fraction of sp³-hybridized carbons (Fsp3) is 0.600. The van der Waals surface area contributed by atoms with Gasteiger partial charge in [0.05, 0.1) is 13.7 Å². The van der Waals surface area contributed by atoms with Crippen LogP contribution in [0.4, 0.5) is 4.79 Å². The van der Waals surface area contributed by atoms with Gasteiger partial charge in [0.1, 0.15) is 5.75 Å². The van der Waals surface area contributed by atoms with Gasteiger partial charge in [-0.3, -0.25) is 4.99 Å². The number of carbonyl (C=O) groups excluding carboxylic acids is 1. The number of guanidine groups is 1. The van der Waals surface area contributed by atoms with Gasteiger partial charge < -0.3 is 25.0 Å². The summed E-state index contributed by atoms with van der Waals surface area (Å²) in [5.41, 5.74) is 1.15. The molecule has 1 amide bonds. The summed E-state index contributed by atoms with van der Waals surface area (Å²) >= 11 is 0. The molecule has 1 aromatic carbocycles. The van der Waals surface area contributed by atoms with Crippen molar-refractivity contribution in [3.8, 4) is 5.75 Å². The van der Waals surface area contributed by atoms with Gasteiger partial charge in [0.25, 0.3) is 0 Å². The number of nitrogens with one attached hydrogen (secondary N) is 2. The van der Waals surface area contributed by atoms with E-state index in [1.165, 1.54) is 0 Å². The highest BCUT2D eigenvalue weighted by Gasteiger charge is 2.24. The van der Waals surface area contributed by atoms with Gasteiger partial charge in [0.15, 0.2) is 5.96 Å². The number of halogens is 1. The average molecular weight is 504 g/mol. The van der Waals surface area contributed by atoms with Crippen LogP contribution in [0.2, 0.25) is 0 Å². The minimum atomic E-state index is -0.215. The van der Waals surface area contributed by atoms with Crippen molar-refractivity contribution < 1.29 is 14.3 Å². The Morgan fingerprint density at radius 3 is 2.61 bits per heavy atom. The van der Waals surface area contributed by atoms with E-state index in [1.807, 2.05) is 25.1 Å². The maximum atomic E-state index is 11.8. The fourth-order valence-corrected chi connectivity index (χ4v) is 3.13. The second-order valence-corrected chi connectivity index (χ2v) is 6.43. The predicted molar refractivity (Wildman–Crippen MR) is 123 cm³/mol. The van der Waals surface area contributed by atoms with Gasteiger partial charge in [-0.15, -0.1) is 24.0 Å². The van der Waals surface area contributed by atoms with E-state index in [9.17, 15) is 4.79 Å². The normalized spacial score (nSPS) is 14.8. The van der Waals surface area contributed by atoms with Crippen LogP contribution in [0, 0.1) is 0 Å². The summed E-state index contributed by atoms with van der Waals surface area (Å²) in [6.07, 6.45) is 2.38. The highest BCUT2D eigenvalue weighted by molar-refractivity contribution is 14.0. The third-order valence-corrected chi connectivity index (χ3v) is 4.55. The molecule has 0 bridgehead atoms. The molecule has 0 unspecified atom stereocenters. The van der Waals surface area contributed by atoms with E-state index in [0.29, 0.717) is 32.3 Å². The molecule has 2 rings (SSSR count). The molecule has 0 aliphatic carbocycles. The lowest BCUT2D eigenvalue weighted by atomic mass is 10.1. The standard InChI is InChI=1S/C20H32N4O3.HI/c1-4-21-19(22-13-10-16-8-6-7-9-18(16)26-3)23-17-11-14-24(15-12-17)20(25)27-5-2;/h6-9,17H,4-5,10-15H2,1-3H3,(H2,21,22,23);1H. The zero-order valence-corrected chi connectivity index (χ0v) is 19.4. The monoisotopic (exact) mass is 504 g/mol. The average Bonchev–Trinajstić information content (AvgIpc) is 2.69. The summed E-state index contributed by atoms with van der Waals surface area (Å²) in [4.78, 5) is 18.3. The zero-order valence-electron chi connectivity index (χ0n) is 17.1. The minimum Gasteiger partial charge on any atom is -0.496 e. The fourth-order valence-electron chi connectivity index (χ4n) is 3.13. The number of hydrogen-bond donors (Lipinski definition) is 2. The Morgan fingerprint density at radius 2 is 1.96 bits per heavy atom. The van der Waals surface area contributed by atoms with Gasteiger partial charge in [0, 0.05) is 32.2 Å². The van der Waals surface area contributed by atoms with E-state index < -0.39 is 0 Å². The molecule has 1 fully saturated rings. The molecule has 0 saturated carbocycles. The molecule has 0 aromatic heterocycles. The number of likely N-dealkylation sites (tertiary alicyclic amines) is 1. The lowest BCUT2D eigenvalue weighted by Gasteiger charge is -2.32. The summed E-state index contributed by atoms with van der Waals surface area (Å²) in [7, 11) is 1.69. The minimum absolute atomic E-state index is 0. The second kappa shape index (κ2) is 13.5. The summed E-state index contributed by atoms with van der Waals surface area (Å²) in [6, 6.07) is 8.33. The summed E-state index contributed by atoms with van der Waals surface area (Å²) in [5, 5.41) is 6.79. The Hall–Kier alpha value is -1.71. The number of ether oxygens (including phenoxy) is 2. The summed E-state index contributed by atoms with van der Waals surface area (Å²) < 4.78 is 10.5. The predicted octanol–water partition coefficient (Wildman–Crippen LogP) is 3.03. The quantitative estimate of drug-likeness (QED) is 0.339. The van der Waals surface area contributed by atoms with Crippen molar-refractivity contribution in [2.75, 3.05) is 39.9 Å². The van der Waals surface area contributed by atoms with Crippen LogP contribution in [0.5, 0.6) is 5.75 Å². The maximum Gasteiger partial charge on any atom is 0.409 e. The first-order valence-electron chi connectivity index (χ1n) is 9.76. The molecule has 0 atom stereocenters. The van der Waals surface area contributed by atoms with Gasteiger partial charge in [-0.05, 0) is 44.7 Å². The smallest absolute Gasteiger partial charge is 0.409 e. The van der Waals surface area contributed by atoms with E-state index in [4.69, 9.17) is 14.5 Å². The van der Waals surface area contributed by atoms with Gasteiger partial charge >= 0.3 is 6.09 Å². The number of nitrogens with zero attached hydrogens (tertiary/aromatic N) is 2. The van der Waals surface area contributed by atoms with Crippen LogP contribution in [0.3, 0.4) is 0 Å². The van der Waals surface area contributed by atoms with Crippen molar-refractivity contribution in [3.05, 3.63) is 29.8 Å². The Balaban J connectivity index is 0.00000392. The Bertz CT molecular complexity index is 619. The number of carbonyl (C=O) groups is 1. The Morgan fingerprint density at radius 1 is 1.25 bits per heavy atom. The molecule has 158 valence electrons. The van der Waals surface area contributed by atoms with Gasteiger partial charge in [-0.25, -0.2) is 4.79 Å². The lowest BCUT2D eigenvalue weighted by molar-refractivity contribution is 0.0963. The molecule has 8 heteroatoms. The third-order valence-electron chi connectivity index (χ3n) is 4.55. The van der Waals surface area contributed by atoms with E-state index in [2.05, 4.69) is 23.6 Å². The van der Waals surface area contributed by atoms with E-state index in [1.54, 1.807) is 12.0 Å². The van der Waals surface area contributed by atoms with Crippen LogP contribution < -0.4 is 15.4 Å². The molecule has 1 aliphatic rings. The number of piperidine rings is 1. The van der Waals surface area contributed by atoms with Gasteiger partial charge in [-0.1, -0.05) is 18.2 Å². The van der Waals surface area contributed by atoms with Crippen LogP contribution in [-0.2, 0) is 11.2 Å². The van der Waals surface area contributed by atoms with Crippen molar-refractivity contribution in [2.24, 2.45) is 4.99 Å². The number of methoxy groups -OCH3 is 1. The molecule has 1 aliphatic heterocycles. The van der Waals surface area contributed by atoms with Crippen molar-refractivity contribution in [2.45, 2.75) is 39.2 Å². The molecule has 1 heterocycles. The number of benzene rings is 1. The number of aliphatic imine (C=N–C) groups is 1. The summed E-state index contributed by atoms with van der Waals surface area (Å²) in [5.74, 6) is 1.72. The van der Waals surface area contributed by atoms with Crippen molar-refractivity contribution >= 4 is 36.0 Å². The summed E-state index contributed by atoms with van der Waals surface area (Å²) in [6.45, 7) is 7.20. The lowest BCUT2D eigenvalue weighted by Crippen LogP contribution is -2.50. The highest BCUT2D eigenvalue weighted by atomic mass is 127. The van der Waals surface area contributed by atoms with E-state index in [0.717, 1.165) is 43.1 Å². The first-order valence-corrected chi connectivity index (χ1v) is 9.76. The van der Waals surface area contributed by atoms with Crippen LogP contribution >= 0.6 is 24.0 Å². The molecule has 2 N–H and O–H groups in total. The van der Waals surface area contributed by atoms with E-state index >= 15 is 0 Å². The molecule has 0 spiro atoms. The molecule has 0 radical (unpaired) electrons. The van der Waals surface area contributed by atoms with Gasteiger partial charge in [0.2, 0.25) is 0 Å². The topological polar surface area (TPSA) is 75.2 Å². The van der Waals surface area contributed by atoms with Crippen molar-refractivity contribution in [1.29, 1.82) is 0 Å². The van der Waals surface area contributed by atoms with Crippen molar-refractivity contribution in [3.63, 3.8) is 0 Å². The molecule has 1 aromatic rings. The van der Waals surface area contributed by atoms with E-state index in [-0.39, 0.29) is 30.1 Å².